The number of nitrogens with two attached hydrogens (primary N) is 1. The molecule has 3 unspecified atom stereocenters. The molecular weight excluding hydrogens is 238 g/mol. The summed E-state index contributed by atoms with van der Waals surface area (Å²) in [5, 5.41) is 4.20. The van der Waals surface area contributed by atoms with E-state index in [0.29, 0.717) is 0 Å². The maximum absolute atomic E-state index is 6.46. The van der Waals surface area contributed by atoms with Crippen LogP contribution in [0.2, 0.25) is 0 Å². The van der Waals surface area contributed by atoms with Gasteiger partial charge in [-0.25, -0.2) is 0 Å². The second kappa shape index (κ2) is 6.06. The molecule has 0 aromatic carbocycles. The smallest absolute Gasteiger partial charge is 0.0831 e. The first-order chi connectivity index (χ1) is 9.05. The van der Waals surface area contributed by atoms with Crippen LogP contribution in [0.5, 0.6) is 0 Å². The number of hydrogen-bond acceptors (Lipinski definition) is 3. The van der Waals surface area contributed by atoms with Crippen LogP contribution in [0.1, 0.15) is 44.6 Å². The highest BCUT2D eigenvalue weighted by Gasteiger charge is 2.40. The lowest BCUT2D eigenvalue weighted by Gasteiger charge is -2.43. The Bertz CT molecular complexity index is 404. The Hall–Kier alpha value is -0.870. The average molecular weight is 265 g/mol. The molecule has 0 bridgehead atoms. The summed E-state index contributed by atoms with van der Waals surface area (Å²) in [7, 11) is 3.77. The summed E-state index contributed by atoms with van der Waals surface area (Å²) in [4.78, 5) is 0. The Morgan fingerprint density at radius 3 is 3.00 bits per heavy atom. The van der Waals surface area contributed by atoms with Crippen LogP contribution in [0.25, 0.3) is 0 Å². The van der Waals surface area contributed by atoms with Crippen molar-refractivity contribution >= 4 is 0 Å². The number of aromatic nitrogens is 2. The summed E-state index contributed by atoms with van der Waals surface area (Å²) in [6.07, 6.45) is 10.7. The Kier molecular flexibility index (Phi) is 4.63. The van der Waals surface area contributed by atoms with Crippen LogP contribution in [0.3, 0.4) is 0 Å². The molecule has 2 N–H and O–H groups in total. The predicted octanol–water partition coefficient (Wildman–Crippen LogP) is 2.28. The molecule has 3 atom stereocenters. The molecule has 108 valence electrons. The SMILES string of the molecule is COC1(C(N)CCc2cnn(C)c2)CCCC(C)C1. The van der Waals surface area contributed by atoms with Crippen LogP contribution in [0, 0.1) is 5.92 Å². The fourth-order valence-electron chi connectivity index (χ4n) is 3.40. The van der Waals surface area contributed by atoms with E-state index in [-0.39, 0.29) is 11.6 Å². The van der Waals surface area contributed by atoms with Gasteiger partial charge in [0.05, 0.1) is 11.8 Å². The molecule has 1 aromatic rings. The van der Waals surface area contributed by atoms with Gasteiger partial charge in [-0.3, -0.25) is 4.68 Å². The van der Waals surface area contributed by atoms with E-state index in [4.69, 9.17) is 10.5 Å². The van der Waals surface area contributed by atoms with Crippen LogP contribution < -0.4 is 5.73 Å². The minimum absolute atomic E-state index is 0.111. The average Bonchev–Trinajstić information content (AvgIpc) is 2.81. The lowest BCUT2D eigenvalue weighted by molar-refractivity contribution is -0.0721. The monoisotopic (exact) mass is 265 g/mol. The number of methoxy groups -OCH3 is 1. The molecule has 1 saturated carbocycles. The number of ether oxygens (including phenoxy) is 1. The molecule has 0 radical (unpaired) electrons. The summed E-state index contributed by atoms with van der Waals surface area (Å²) in [6.45, 7) is 2.31. The second-order valence-corrected chi connectivity index (χ2v) is 6.14. The van der Waals surface area contributed by atoms with Crippen LogP contribution in [-0.4, -0.2) is 28.5 Å². The van der Waals surface area contributed by atoms with Gasteiger partial charge in [0.2, 0.25) is 0 Å². The van der Waals surface area contributed by atoms with Crippen molar-refractivity contribution in [3.63, 3.8) is 0 Å². The maximum Gasteiger partial charge on any atom is 0.0831 e. The molecule has 4 nitrogen and oxygen atoms in total. The molecule has 0 spiro atoms. The molecular formula is C15H27N3O. The van der Waals surface area contributed by atoms with Crippen LogP contribution >= 0.6 is 0 Å². The third-order valence-corrected chi connectivity index (χ3v) is 4.58. The van der Waals surface area contributed by atoms with Crippen molar-refractivity contribution in [2.75, 3.05) is 7.11 Å². The summed E-state index contributed by atoms with van der Waals surface area (Å²) < 4.78 is 7.70. The third kappa shape index (κ3) is 3.37. The van der Waals surface area contributed by atoms with Crippen LogP contribution in [0.15, 0.2) is 12.4 Å². The van der Waals surface area contributed by atoms with Crippen molar-refractivity contribution in [2.45, 2.75) is 57.1 Å². The second-order valence-electron chi connectivity index (χ2n) is 6.14. The maximum atomic E-state index is 6.46. The summed E-state index contributed by atoms with van der Waals surface area (Å²) in [6, 6.07) is 0.112. The molecule has 1 aliphatic carbocycles. The van der Waals surface area contributed by atoms with E-state index in [0.717, 1.165) is 31.6 Å². The summed E-state index contributed by atoms with van der Waals surface area (Å²) in [5.41, 5.74) is 7.60. The summed E-state index contributed by atoms with van der Waals surface area (Å²) >= 11 is 0. The Morgan fingerprint density at radius 1 is 1.63 bits per heavy atom. The molecule has 1 heterocycles. The van der Waals surface area contributed by atoms with E-state index in [2.05, 4.69) is 18.2 Å². The van der Waals surface area contributed by atoms with Gasteiger partial charge in [-0.15, -0.1) is 0 Å². The topological polar surface area (TPSA) is 53.1 Å². The Balaban J connectivity index is 1.94. The van der Waals surface area contributed by atoms with Gasteiger partial charge in [0.25, 0.3) is 0 Å². The zero-order valence-corrected chi connectivity index (χ0v) is 12.4. The number of rotatable bonds is 5. The van der Waals surface area contributed by atoms with Crippen molar-refractivity contribution < 1.29 is 4.74 Å². The molecule has 1 fully saturated rings. The van der Waals surface area contributed by atoms with Crippen molar-refractivity contribution in [3.05, 3.63) is 18.0 Å². The molecule has 0 saturated heterocycles. The standard InChI is InChI=1S/C15H27N3O/c1-12-5-4-8-15(9-12,19-3)14(16)7-6-13-10-17-18(2)11-13/h10-12,14H,4-9,16H2,1-3H3. The van der Waals surface area contributed by atoms with Gasteiger partial charge in [-0.1, -0.05) is 19.8 Å². The number of nitrogens with zero attached hydrogens (tertiary/aromatic N) is 2. The highest BCUT2D eigenvalue weighted by molar-refractivity contribution is 5.05. The van der Waals surface area contributed by atoms with Crippen molar-refractivity contribution in [1.29, 1.82) is 0 Å². The van der Waals surface area contributed by atoms with Crippen molar-refractivity contribution in [2.24, 2.45) is 18.7 Å². The van der Waals surface area contributed by atoms with E-state index in [1.54, 1.807) is 0 Å². The van der Waals surface area contributed by atoms with E-state index in [1.807, 2.05) is 25.0 Å². The zero-order chi connectivity index (χ0) is 13.9. The van der Waals surface area contributed by atoms with Crippen LogP contribution in [0.4, 0.5) is 0 Å². The fraction of sp³-hybridized carbons (Fsp3) is 0.800. The molecule has 1 aromatic heterocycles. The predicted molar refractivity (Wildman–Crippen MR) is 76.9 cm³/mol. The molecule has 4 heteroatoms. The van der Waals surface area contributed by atoms with Gasteiger partial charge >= 0.3 is 0 Å². The van der Waals surface area contributed by atoms with E-state index in [9.17, 15) is 0 Å². The zero-order valence-electron chi connectivity index (χ0n) is 12.4. The van der Waals surface area contributed by atoms with Gasteiger partial charge in [-0.2, -0.15) is 5.10 Å². The van der Waals surface area contributed by atoms with E-state index in [1.165, 1.54) is 18.4 Å². The molecule has 19 heavy (non-hydrogen) atoms. The molecule has 0 amide bonds. The first-order valence-electron chi connectivity index (χ1n) is 7.34. The van der Waals surface area contributed by atoms with Gasteiger partial charge in [0, 0.05) is 26.4 Å². The molecule has 1 aliphatic rings. The number of hydrogen-bond donors (Lipinski definition) is 1. The summed E-state index contributed by atoms with van der Waals surface area (Å²) in [5.74, 6) is 0.721. The van der Waals surface area contributed by atoms with Crippen molar-refractivity contribution in [1.82, 2.24) is 9.78 Å². The molecule has 0 aliphatic heterocycles. The minimum atomic E-state index is -0.111. The normalized spacial score (nSPS) is 29.4. The first-order valence-corrected chi connectivity index (χ1v) is 7.34. The van der Waals surface area contributed by atoms with Gasteiger partial charge in [0.15, 0.2) is 0 Å². The Labute approximate surface area is 116 Å². The van der Waals surface area contributed by atoms with Gasteiger partial charge < -0.3 is 10.5 Å². The lowest BCUT2D eigenvalue weighted by Crippen LogP contribution is -2.52. The fourth-order valence-corrected chi connectivity index (χ4v) is 3.40. The highest BCUT2D eigenvalue weighted by atomic mass is 16.5. The largest absolute Gasteiger partial charge is 0.377 e. The quantitative estimate of drug-likeness (QED) is 0.888. The van der Waals surface area contributed by atoms with Gasteiger partial charge in [-0.05, 0) is 37.2 Å². The number of aryl methyl sites for hydroxylation is 2. The van der Waals surface area contributed by atoms with Crippen LogP contribution in [-0.2, 0) is 18.2 Å². The third-order valence-electron chi connectivity index (χ3n) is 4.58. The minimum Gasteiger partial charge on any atom is -0.377 e. The first kappa shape index (κ1) is 14.5. The highest BCUT2D eigenvalue weighted by Crippen LogP contribution is 2.37. The Morgan fingerprint density at radius 2 is 2.42 bits per heavy atom. The van der Waals surface area contributed by atoms with Gasteiger partial charge in [0.1, 0.15) is 0 Å². The van der Waals surface area contributed by atoms with E-state index >= 15 is 0 Å². The van der Waals surface area contributed by atoms with E-state index < -0.39 is 0 Å². The van der Waals surface area contributed by atoms with Crippen molar-refractivity contribution in [3.8, 4) is 0 Å². The lowest BCUT2D eigenvalue weighted by atomic mass is 9.73. The molecule has 2 rings (SSSR count).